The first-order valence-electron chi connectivity index (χ1n) is 10.5. The van der Waals surface area contributed by atoms with Gasteiger partial charge in [-0.3, -0.25) is 9.69 Å². The second-order valence-electron chi connectivity index (χ2n) is 7.54. The number of aryl methyl sites for hydroxylation is 1. The van der Waals surface area contributed by atoms with Crippen LogP contribution in [0.5, 0.6) is 0 Å². The summed E-state index contributed by atoms with van der Waals surface area (Å²) in [4.78, 5) is 18.9. The minimum Gasteiger partial charge on any atom is -0.302 e. The van der Waals surface area contributed by atoms with Gasteiger partial charge in [0.1, 0.15) is 0 Å². The molecule has 33 heavy (non-hydrogen) atoms. The fourth-order valence-electron chi connectivity index (χ4n) is 3.51. The summed E-state index contributed by atoms with van der Waals surface area (Å²) in [6.45, 7) is 8.45. The van der Waals surface area contributed by atoms with Crippen molar-refractivity contribution in [2.45, 2.75) is 45.1 Å². The van der Waals surface area contributed by atoms with Crippen molar-refractivity contribution in [1.29, 1.82) is 0 Å². The van der Waals surface area contributed by atoms with Crippen LogP contribution in [-0.2, 0) is 17.1 Å². The van der Waals surface area contributed by atoms with E-state index in [2.05, 4.69) is 21.7 Å². The quantitative estimate of drug-likeness (QED) is 0.267. The van der Waals surface area contributed by atoms with Gasteiger partial charge in [0.25, 0.3) is 0 Å². The molecule has 0 saturated carbocycles. The van der Waals surface area contributed by atoms with Gasteiger partial charge >= 0.3 is 0 Å². The number of halogens is 1. The van der Waals surface area contributed by atoms with Crippen molar-refractivity contribution in [2.75, 3.05) is 4.90 Å². The molecule has 0 N–H and O–H groups in total. The normalized spacial score (nSPS) is 11.1. The molecule has 0 aliphatic heterocycles. The predicted octanol–water partition coefficient (Wildman–Crippen LogP) is 6.67. The van der Waals surface area contributed by atoms with E-state index >= 15 is 0 Å². The third kappa shape index (κ3) is 4.98. The SMILES string of the molecule is CCn1c(SCc2csc(N(C(C)=O)c3cccc(C)c3C)n2)nnc1-c1cccc(Cl)c1. The van der Waals surface area contributed by atoms with Crippen LogP contribution in [0.2, 0.25) is 5.02 Å². The third-order valence-corrected chi connectivity index (χ3v) is 7.44. The number of benzene rings is 2. The molecule has 0 bridgehead atoms. The van der Waals surface area contributed by atoms with E-state index in [4.69, 9.17) is 16.6 Å². The van der Waals surface area contributed by atoms with E-state index in [9.17, 15) is 4.79 Å². The summed E-state index contributed by atoms with van der Waals surface area (Å²) in [5.74, 6) is 1.36. The van der Waals surface area contributed by atoms with Crippen molar-refractivity contribution in [3.05, 3.63) is 69.7 Å². The molecular formula is C24H24ClN5OS2. The lowest BCUT2D eigenvalue weighted by molar-refractivity contribution is -0.115. The summed E-state index contributed by atoms with van der Waals surface area (Å²) in [6, 6.07) is 13.6. The molecule has 0 aliphatic carbocycles. The van der Waals surface area contributed by atoms with E-state index in [1.54, 1.807) is 23.6 Å². The number of hydrogen-bond acceptors (Lipinski definition) is 6. The number of anilines is 2. The summed E-state index contributed by atoms with van der Waals surface area (Å²) in [6.07, 6.45) is 0. The van der Waals surface area contributed by atoms with E-state index in [0.29, 0.717) is 15.9 Å². The first-order chi connectivity index (χ1) is 15.9. The Morgan fingerprint density at radius 1 is 1.18 bits per heavy atom. The van der Waals surface area contributed by atoms with Crippen LogP contribution in [0.15, 0.2) is 53.0 Å². The molecule has 0 atom stereocenters. The highest BCUT2D eigenvalue weighted by Gasteiger charge is 2.21. The average molecular weight is 498 g/mol. The van der Waals surface area contributed by atoms with Crippen LogP contribution < -0.4 is 4.90 Å². The molecule has 0 radical (unpaired) electrons. The molecule has 9 heteroatoms. The molecule has 1 amide bonds. The minimum atomic E-state index is -0.0610. The molecule has 6 nitrogen and oxygen atoms in total. The van der Waals surface area contributed by atoms with Gasteiger partial charge in [0.15, 0.2) is 16.1 Å². The molecule has 0 fully saturated rings. The van der Waals surface area contributed by atoms with E-state index < -0.39 is 0 Å². The van der Waals surface area contributed by atoms with E-state index in [-0.39, 0.29) is 5.91 Å². The van der Waals surface area contributed by atoms with E-state index in [1.165, 1.54) is 11.3 Å². The van der Waals surface area contributed by atoms with Crippen molar-refractivity contribution in [1.82, 2.24) is 19.7 Å². The molecule has 4 aromatic rings. The van der Waals surface area contributed by atoms with E-state index in [1.807, 2.05) is 61.7 Å². The lowest BCUT2D eigenvalue weighted by Crippen LogP contribution is -2.23. The van der Waals surface area contributed by atoms with Crippen molar-refractivity contribution < 1.29 is 4.79 Å². The number of rotatable bonds is 7. The number of thioether (sulfide) groups is 1. The van der Waals surface area contributed by atoms with Crippen LogP contribution in [0.1, 0.15) is 30.7 Å². The fraction of sp³-hybridized carbons (Fsp3) is 0.250. The van der Waals surface area contributed by atoms with Gasteiger partial charge in [-0.25, -0.2) is 4.98 Å². The van der Waals surface area contributed by atoms with Gasteiger partial charge in [-0.15, -0.1) is 21.5 Å². The second kappa shape index (κ2) is 10.1. The molecule has 0 aliphatic rings. The summed E-state index contributed by atoms with van der Waals surface area (Å²) in [7, 11) is 0. The lowest BCUT2D eigenvalue weighted by atomic mass is 10.1. The fourth-order valence-corrected chi connectivity index (χ4v) is 5.58. The van der Waals surface area contributed by atoms with Gasteiger partial charge in [-0.2, -0.15) is 0 Å². The number of carbonyl (C=O) groups excluding carboxylic acids is 1. The van der Waals surface area contributed by atoms with Crippen LogP contribution in [0.4, 0.5) is 10.8 Å². The topological polar surface area (TPSA) is 63.9 Å². The maximum Gasteiger partial charge on any atom is 0.230 e. The minimum absolute atomic E-state index is 0.0610. The number of hydrogen-bond donors (Lipinski definition) is 0. The van der Waals surface area contributed by atoms with Crippen LogP contribution in [0.25, 0.3) is 11.4 Å². The van der Waals surface area contributed by atoms with Gasteiger partial charge in [-0.1, -0.05) is 47.6 Å². The summed E-state index contributed by atoms with van der Waals surface area (Å²) in [5, 5.41) is 12.9. The third-order valence-electron chi connectivity index (χ3n) is 5.33. The monoisotopic (exact) mass is 497 g/mol. The van der Waals surface area contributed by atoms with Crippen LogP contribution >= 0.6 is 34.7 Å². The Kier molecular flexibility index (Phi) is 7.17. The number of nitrogens with zero attached hydrogens (tertiary/aromatic N) is 5. The van der Waals surface area contributed by atoms with Crippen LogP contribution in [0.3, 0.4) is 0 Å². The first-order valence-corrected chi connectivity index (χ1v) is 12.8. The summed E-state index contributed by atoms with van der Waals surface area (Å²) < 4.78 is 2.07. The maximum absolute atomic E-state index is 12.5. The second-order valence-corrected chi connectivity index (χ2v) is 9.76. The number of carbonyl (C=O) groups is 1. The van der Waals surface area contributed by atoms with Crippen LogP contribution in [-0.4, -0.2) is 25.7 Å². The zero-order valence-electron chi connectivity index (χ0n) is 18.9. The van der Waals surface area contributed by atoms with Gasteiger partial charge in [-0.05, 0) is 50.1 Å². The standard InChI is InChI=1S/C24H24ClN5OS2/c1-5-29-22(18-9-7-10-19(25)12-18)27-28-24(29)33-14-20-13-32-23(26-20)30(17(4)31)21-11-6-8-15(2)16(21)3/h6-13H,5,14H2,1-4H3. The predicted molar refractivity (Wildman–Crippen MR) is 137 cm³/mol. The van der Waals surface area contributed by atoms with Crippen molar-refractivity contribution in [2.24, 2.45) is 0 Å². The molecule has 2 aromatic heterocycles. The first kappa shape index (κ1) is 23.5. The van der Waals surface area contributed by atoms with Crippen LogP contribution in [0, 0.1) is 13.8 Å². The number of thiazole rings is 1. The van der Waals surface area contributed by atoms with Gasteiger partial charge < -0.3 is 4.57 Å². The number of aromatic nitrogens is 4. The summed E-state index contributed by atoms with van der Waals surface area (Å²) >= 11 is 9.20. The molecule has 2 heterocycles. The highest BCUT2D eigenvalue weighted by Crippen LogP contribution is 2.34. The van der Waals surface area contributed by atoms with Gasteiger partial charge in [0, 0.05) is 35.2 Å². The van der Waals surface area contributed by atoms with Gasteiger partial charge in [0.05, 0.1) is 11.4 Å². The zero-order valence-corrected chi connectivity index (χ0v) is 21.3. The Bertz CT molecular complexity index is 1300. The average Bonchev–Trinajstić information content (AvgIpc) is 3.42. The molecule has 170 valence electrons. The maximum atomic E-state index is 12.5. The Morgan fingerprint density at radius 3 is 2.70 bits per heavy atom. The molecule has 4 rings (SSSR count). The smallest absolute Gasteiger partial charge is 0.230 e. The molecule has 0 spiro atoms. The van der Waals surface area contributed by atoms with Crippen molar-refractivity contribution in [3.8, 4) is 11.4 Å². The van der Waals surface area contributed by atoms with E-state index in [0.717, 1.165) is 45.6 Å². The van der Waals surface area contributed by atoms with Gasteiger partial charge in [0.2, 0.25) is 5.91 Å². The highest BCUT2D eigenvalue weighted by atomic mass is 35.5. The molecule has 2 aromatic carbocycles. The Labute approximate surface area is 206 Å². The lowest BCUT2D eigenvalue weighted by Gasteiger charge is -2.21. The molecule has 0 saturated heterocycles. The Hall–Kier alpha value is -2.68. The Morgan fingerprint density at radius 2 is 1.97 bits per heavy atom. The summed E-state index contributed by atoms with van der Waals surface area (Å²) in [5.41, 5.74) is 4.91. The highest BCUT2D eigenvalue weighted by molar-refractivity contribution is 7.98. The zero-order chi connectivity index (χ0) is 23.5. The number of amides is 1. The molecule has 0 unspecified atom stereocenters. The van der Waals surface area contributed by atoms with Crippen molar-refractivity contribution >= 4 is 51.4 Å². The largest absolute Gasteiger partial charge is 0.302 e. The van der Waals surface area contributed by atoms with Crippen molar-refractivity contribution in [3.63, 3.8) is 0 Å². The Balaban J connectivity index is 1.55. The molecular weight excluding hydrogens is 474 g/mol.